The molecule has 10 heteroatoms. The lowest BCUT2D eigenvalue weighted by atomic mass is 10.1. The Labute approximate surface area is 191 Å². The first-order chi connectivity index (χ1) is 14.9. The molecule has 3 aromatic rings. The molecule has 0 saturated heterocycles. The van der Waals surface area contributed by atoms with E-state index in [0.717, 1.165) is 9.69 Å². The van der Waals surface area contributed by atoms with Gasteiger partial charge in [0.1, 0.15) is 5.60 Å². The van der Waals surface area contributed by atoms with Crippen LogP contribution in [-0.4, -0.2) is 41.4 Å². The molecular formula is C22H24ClN3O5S. The molecule has 32 heavy (non-hydrogen) atoms. The number of amides is 1. The van der Waals surface area contributed by atoms with Gasteiger partial charge in [-0.15, -0.1) is 0 Å². The number of nitrogens with two attached hydrogens (primary N) is 1. The van der Waals surface area contributed by atoms with Crippen molar-refractivity contribution in [3.8, 4) is 0 Å². The smallest absolute Gasteiger partial charge is 0.418 e. The van der Waals surface area contributed by atoms with Crippen molar-refractivity contribution in [2.24, 2.45) is 5.73 Å². The largest absolute Gasteiger partial charge is 0.443 e. The van der Waals surface area contributed by atoms with Crippen molar-refractivity contribution in [2.75, 3.05) is 6.54 Å². The summed E-state index contributed by atoms with van der Waals surface area (Å²) >= 11 is 5.85. The summed E-state index contributed by atoms with van der Waals surface area (Å²) in [5.41, 5.74) is 5.90. The average molecular weight is 478 g/mol. The highest BCUT2D eigenvalue weighted by Gasteiger charge is 2.26. The van der Waals surface area contributed by atoms with E-state index in [0.29, 0.717) is 16.1 Å². The van der Waals surface area contributed by atoms with E-state index in [9.17, 15) is 18.0 Å². The maximum absolute atomic E-state index is 13.1. The summed E-state index contributed by atoms with van der Waals surface area (Å²) in [6, 6.07) is 12.5. The number of carbonyl (C=O) groups is 2. The van der Waals surface area contributed by atoms with E-state index < -0.39 is 34.2 Å². The van der Waals surface area contributed by atoms with Crippen LogP contribution in [0.1, 0.15) is 26.3 Å². The zero-order valence-corrected chi connectivity index (χ0v) is 19.5. The lowest BCUT2D eigenvalue weighted by Gasteiger charge is -2.21. The van der Waals surface area contributed by atoms with Gasteiger partial charge in [0.2, 0.25) is 15.9 Å². The van der Waals surface area contributed by atoms with Gasteiger partial charge in [-0.05, 0) is 68.8 Å². The second-order valence-electron chi connectivity index (χ2n) is 8.25. The van der Waals surface area contributed by atoms with Crippen LogP contribution in [0.15, 0.2) is 59.6 Å². The number of benzene rings is 2. The van der Waals surface area contributed by atoms with Crippen LogP contribution in [0.3, 0.4) is 0 Å². The first kappa shape index (κ1) is 23.8. The van der Waals surface area contributed by atoms with Gasteiger partial charge >= 0.3 is 6.09 Å². The summed E-state index contributed by atoms with van der Waals surface area (Å²) in [6.07, 6.45) is 1.08. The van der Waals surface area contributed by atoms with Crippen LogP contribution >= 0.6 is 11.6 Å². The van der Waals surface area contributed by atoms with Gasteiger partial charge in [0.05, 0.1) is 17.0 Å². The fraction of sp³-hybridized carbons (Fsp3) is 0.273. The molecule has 1 heterocycles. The third kappa shape index (κ3) is 5.48. The van der Waals surface area contributed by atoms with Crippen LogP contribution in [0.5, 0.6) is 0 Å². The summed E-state index contributed by atoms with van der Waals surface area (Å²) < 4.78 is 34.0. The summed E-state index contributed by atoms with van der Waals surface area (Å²) in [5.74, 6) is -0.778. The van der Waals surface area contributed by atoms with Crippen molar-refractivity contribution in [3.63, 3.8) is 0 Å². The molecule has 0 radical (unpaired) electrons. The predicted octanol–water partition coefficient (Wildman–Crippen LogP) is 3.75. The molecule has 170 valence electrons. The number of primary amides is 1. The molecular weight excluding hydrogens is 454 g/mol. The molecule has 0 bridgehead atoms. The third-order valence-electron chi connectivity index (χ3n) is 4.49. The molecule has 0 atom stereocenters. The molecule has 2 aromatic carbocycles. The summed E-state index contributed by atoms with van der Waals surface area (Å²) in [4.78, 5) is 24.0. The molecule has 0 aliphatic rings. The van der Waals surface area contributed by atoms with Gasteiger partial charge in [-0.3, -0.25) is 9.36 Å². The van der Waals surface area contributed by atoms with Gasteiger partial charge in [-0.2, -0.15) is 4.31 Å². The highest BCUT2D eigenvalue weighted by Crippen LogP contribution is 2.24. The second-order valence-corrected chi connectivity index (χ2v) is 10.6. The molecule has 0 saturated carbocycles. The number of hydrogen-bond acceptors (Lipinski definition) is 5. The minimum Gasteiger partial charge on any atom is -0.443 e. The highest BCUT2D eigenvalue weighted by atomic mass is 35.5. The average Bonchev–Trinajstić information content (AvgIpc) is 3.09. The molecule has 0 unspecified atom stereocenters. The van der Waals surface area contributed by atoms with Gasteiger partial charge in [0.15, 0.2) is 0 Å². The van der Waals surface area contributed by atoms with Crippen LogP contribution in [0.4, 0.5) is 4.79 Å². The molecule has 1 aromatic heterocycles. The summed E-state index contributed by atoms with van der Waals surface area (Å²) in [6.45, 7) is 4.78. The van der Waals surface area contributed by atoms with Crippen molar-refractivity contribution in [1.82, 2.24) is 8.87 Å². The number of fused-ring (bicyclic) bond motifs is 1. The lowest BCUT2D eigenvalue weighted by Crippen LogP contribution is -2.38. The maximum atomic E-state index is 13.1. The number of hydrogen-bond donors (Lipinski definition) is 1. The Balaban J connectivity index is 1.91. The Kier molecular flexibility index (Phi) is 6.64. The van der Waals surface area contributed by atoms with Crippen molar-refractivity contribution in [1.29, 1.82) is 0 Å². The van der Waals surface area contributed by atoms with E-state index in [4.69, 9.17) is 22.1 Å². The van der Waals surface area contributed by atoms with Crippen LogP contribution in [0.25, 0.3) is 10.9 Å². The van der Waals surface area contributed by atoms with Crippen LogP contribution in [0, 0.1) is 0 Å². The van der Waals surface area contributed by atoms with E-state index in [2.05, 4.69) is 0 Å². The quantitative estimate of drug-likeness (QED) is 0.581. The van der Waals surface area contributed by atoms with E-state index in [1.165, 1.54) is 28.8 Å². The monoisotopic (exact) mass is 477 g/mol. The van der Waals surface area contributed by atoms with E-state index in [1.807, 2.05) is 0 Å². The van der Waals surface area contributed by atoms with Crippen molar-refractivity contribution in [3.05, 3.63) is 65.3 Å². The Bertz CT molecular complexity index is 1260. The highest BCUT2D eigenvalue weighted by molar-refractivity contribution is 7.89. The molecule has 3 rings (SSSR count). The predicted molar refractivity (Wildman–Crippen MR) is 122 cm³/mol. The van der Waals surface area contributed by atoms with Crippen molar-refractivity contribution >= 4 is 44.5 Å². The Hall–Kier alpha value is -2.88. The molecule has 2 N–H and O–H groups in total. The first-order valence-electron chi connectivity index (χ1n) is 9.74. The van der Waals surface area contributed by atoms with Crippen LogP contribution < -0.4 is 5.73 Å². The molecule has 1 amide bonds. The zero-order valence-electron chi connectivity index (χ0n) is 17.9. The fourth-order valence-electron chi connectivity index (χ4n) is 3.12. The van der Waals surface area contributed by atoms with Crippen molar-refractivity contribution in [2.45, 2.75) is 37.8 Å². The summed E-state index contributed by atoms with van der Waals surface area (Å²) in [7, 11) is -4.00. The zero-order chi connectivity index (χ0) is 23.7. The molecule has 0 spiro atoms. The normalized spacial score (nSPS) is 12.3. The second kappa shape index (κ2) is 8.93. The third-order valence-corrected chi connectivity index (χ3v) is 6.55. The standard InChI is InChI=1S/C22H24ClN3O5S/c1-22(2,3)31-21(28)26-11-10-16-12-15(4-9-19(16)26)13-25(14-20(24)27)32(29,30)18-7-5-17(23)6-8-18/h4-12H,13-14H2,1-3H3,(H2,24,27). The Morgan fingerprint density at radius 3 is 2.34 bits per heavy atom. The molecule has 0 aliphatic heterocycles. The fourth-order valence-corrected chi connectivity index (χ4v) is 4.64. The Morgan fingerprint density at radius 2 is 1.75 bits per heavy atom. The minimum absolute atomic E-state index is 0.000284. The summed E-state index contributed by atoms with van der Waals surface area (Å²) in [5, 5.41) is 1.11. The number of aromatic nitrogens is 1. The van der Waals surface area contributed by atoms with Gasteiger partial charge in [-0.25, -0.2) is 13.2 Å². The lowest BCUT2D eigenvalue weighted by molar-refractivity contribution is -0.118. The van der Waals surface area contributed by atoms with E-state index >= 15 is 0 Å². The number of nitrogens with zero attached hydrogens (tertiary/aromatic N) is 2. The number of halogens is 1. The SMILES string of the molecule is CC(C)(C)OC(=O)n1ccc2cc(CN(CC(N)=O)S(=O)(=O)c3ccc(Cl)cc3)ccc21. The Morgan fingerprint density at radius 1 is 1.09 bits per heavy atom. The van der Waals surface area contributed by atoms with Gasteiger partial charge in [0.25, 0.3) is 0 Å². The molecule has 0 fully saturated rings. The van der Waals surface area contributed by atoms with Crippen LogP contribution in [0.2, 0.25) is 5.02 Å². The topological polar surface area (TPSA) is 112 Å². The van der Waals surface area contributed by atoms with Gasteiger partial charge in [-0.1, -0.05) is 17.7 Å². The molecule has 0 aliphatic carbocycles. The van der Waals surface area contributed by atoms with Gasteiger partial charge < -0.3 is 10.5 Å². The van der Waals surface area contributed by atoms with E-state index in [1.54, 1.807) is 51.2 Å². The number of carbonyl (C=O) groups excluding carboxylic acids is 2. The first-order valence-corrected chi connectivity index (χ1v) is 11.6. The van der Waals surface area contributed by atoms with E-state index in [-0.39, 0.29) is 11.4 Å². The number of rotatable bonds is 6. The van der Waals surface area contributed by atoms with Crippen molar-refractivity contribution < 1.29 is 22.7 Å². The minimum atomic E-state index is -4.00. The van der Waals surface area contributed by atoms with Crippen LogP contribution in [-0.2, 0) is 26.1 Å². The van der Waals surface area contributed by atoms with Gasteiger partial charge in [0, 0.05) is 23.2 Å². The number of ether oxygens (including phenoxy) is 1. The maximum Gasteiger partial charge on any atom is 0.418 e. The number of sulfonamides is 1. The molecule has 8 nitrogen and oxygen atoms in total.